The number of rotatable bonds is 6. The number of benzene rings is 2. The largest absolute Gasteiger partial charge is 0.347 e. The molecule has 0 heterocycles. The van der Waals surface area contributed by atoms with Gasteiger partial charge in [0.05, 0.1) is 11.6 Å². The van der Waals surface area contributed by atoms with Crippen LogP contribution in [0.15, 0.2) is 48.5 Å². The van der Waals surface area contributed by atoms with Gasteiger partial charge in [-0.2, -0.15) is 0 Å². The quantitative estimate of drug-likeness (QED) is 0.818. The molecule has 2 aromatic carbocycles. The van der Waals surface area contributed by atoms with E-state index in [9.17, 15) is 14.0 Å². The van der Waals surface area contributed by atoms with Crippen LogP contribution >= 0.6 is 11.6 Å². The Morgan fingerprint density at radius 2 is 1.76 bits per heavy atom. The van der Waals surface area contributed by atoms with E-state index in [1.165, 1.54) is 18.2 Å². The van der Waals surface area contributed by atoms with Gasteiger partial charge in [0.15, 0.2) is 0 Å². The molecule has 25 heavy (non-hydrogen) atoms. The van der Waals surface area contributed by atoms with Crippen LogP contribution in [-0.2, 0) is 15.0 Å². The Morgan fingerprint density at radius 1 is 1.08 bits per heavy atom. The average Bonchev–Trinajstić information content (AvgIpc) is 2.57. The number of hydrogen-bond acceptors (Lipinski definition) is 2. The van der Waals surface area contributed by atoms with Crippen LogP contribution in [0.5, 0.6) is 0 Å². The number of nitrogens with one attached hydrogen (secondary N) is 2. The first-order valence-corrected chi connectivity index (χ1v) is 8.23. The summed E-state index contributed by atoms with van der Waals surface area (Å²) in [5.41, 5.74) is 1.08. The lowest BCUT2D eigenvalue weighted by atomic mass is 9.81. The molecule has 2 aromatic rings. The fourth-order valence-corrected chi connectivity index (χ4v) is 2.59. The monoisotopic (exact) mass is 362 g/mol. The van der Waals surface area contributed by atoms with Crippen molar-refractivity contribution in [2.45, 2.75) is 25.7 Å². The first-order chi connectivity index (χ1) is 11.8. The zero-order valence-corrected chi connectivity index (χ0v) is 14.9. The first kappa shape index (κ1) is 18.9. The third kappa shape index (κ3) is 5.57. The molecule has 0 saturated carbocycles. The predicted molar refractivity (Wildman–Crippen MR) is 97.1 cm³/mol. The van der Waals surface area contributed by atoms with Crippen molar-refractivity contribution >= 4 is 29.1 Å². The van der Waals surface area contributed by atoms with Crippen LogP contribution in [-0.4, -0.2) is 18.4 Å². The third-order valence-corrected chi connectivity index (χ3v) is 4.10. The zero-order valence-electron chi connectivity index (χ0n) is 14.1. The molecule has 0 bridgehead atoms. The van der Waals surface area contributed by atoms with Gasteiger partial charge in [0, 0.05) is 12.1 Å². The molecule has 0 radical (unpaired) electrons. The summed E-state index contributed by atoms with van der Waals surface area (Å²) in [6, 6.07) is 13.6. The van der Waals surface area contributed by atoms with Crippen LogP contribution in [0.4, 0.5) is 10.1 Å². The second-order valence-electron chi connectivity index (χ2n) is 6.38. The summed E-state index contributed by atoms with van der Waals surface area (Å²) in [6.07, 6.45) is 0.257. The maximum absolute atomic E-state index is 13.1. The lowest BCUT2D eigenvalue weighted by Gasteiger charge is -2.24. The summed E-state index contributed by atoms with van der Waals surface area (Å²) >= 11 is 5.66. The Labute approximate surface area is 151 Å². The molecule has 0 aliphatic carbocycles. The molecule has 4 nitrogen and oxygen atoms in total. The molecule has 2 amide bonds. The van der Waals surface area contributed by atoms with Crippen molar-refractivity contribution in [3.05, 3.63) is 64.9 Å². The van der Waals surface area contributed by atoms with Crippen molar-refractivity contribution in [3.63, 3.8) is 0 Å². The molecule has 0 saturated heterocycles. The van der Waals surface area contributed by atoms with E-state index in [-0.39, 0.29) is 29.3 Å². The molecular formula is C19H20ClFN2O2. The van der Waals surface area contributed by atoms with Crippen molar-refractivity contribution in [1.82, 2.24) is 5.32 Å². The summed E-state index contributed by atoms with van der Waals surface area (Å²) in [5, 5.41) is 5.07. The van der Waals surface area contributed by atoms with Crippen LogP contribution in [0.3, 0.4) is 0 Å². The molecule has 0 fully saturated rings. The van der Waals surface area contributed by atoms with Gasteiger partial charge in [-0.15, -0.1) is 0 Å². The maximum atomic E-state index is 13.1. The minimum atomic E-state index is -0.559. The fraction of sp³-hybridized carbons (Fsp3) is 0.263. The lowest BCUT2D eigenvalue weighted by molar-refractivity contribution is -0.125. The maximum Gasteiger partial charge on any atom is 0.243 e. The highest BCUT2D eigenvalue weighted by atomic mass is 35.5. The summed E-state index contributed by atoms with van der Waals surface area (Å²) in [7, 11) is 0. The highest BCUT2D eigenvalue weighted by Gasteiger charge is 2.24. The van der Waals surface area contributed by atoms with Gasteiger partial charge in [-0.1, -0.05) is 55.8 Å². The molecule has 2 rings (SSSR count). The Morgan fingerprint density at radius 3 is 2.40 bits per heavy atom. The molecule has 2 N–H and O–H groups in total. The number of hydrogen-bond donors (Lipinski definition) is 2. The molecule has 0 unspecified atom stereocenters. The van der Waals surface area contributed by atoms with E-state index in [4.69, 9.17) is 11.6 Å². The second-order valence-corrected chi connectivity index (χ2v) is 6.79. The number of carbonyl (C=O) groups excluding carboxylic acids is 2. The highest BCUT2D eigenvalue weighted by Crippen LogP contribution is 2.26. The van der Waals surface area contributed by atoms with Gasteiger partial charge in [-0.25, -0.2) is 4.39 Å². The Bertz CT molecular complexity index is 763. The van der Waals surface area contributed by atoms with Crippen molar-refractivity contribution < 1.29 is 14.0 Å². The van der Waals surface area contributed by atoms with Crippen LogP contribution in [0.25, 0.3) is 0 Å². The summed E-state index contributed by atoms with van der Waals surface area (Å²) < 4.78 is 13.1. The van der Waals surface area contributed by atoms with E-state index in [2.05, 4.69) is 10.6 Å². The molecule has 0 spiro atoms. The molecule has 6 heteroatoms. The number of carbonyl (C=O) groups is 2. The molecule has 0 aliphatic heterocycles. The fourth-order valence-electron chi connectivity index (χ4n) is 2.41. The van der Waals surface area contributed by atoms with E-state index < -0.39 is 11.7 Å². The number of anilines is 1. The van der Waals surface area contributed by atoms with E-state index in [0.717, 1.165) is 5.56 Å². The number of amides is 2. The van der Waals surface area contributed by atoms with Gasteiger partial charge < -0.3 is 10.6 Å². The van der Waals surface area contributed by atoms with E-state index in [1.807, 2.05) is 44.2 Å². The minimum absolute atomic E-state index is 0.0774. The summed E-state index contributed by atoms with van der Waals surface area (Å²) in [5.74, 6) is -1.19. The molecular weight excluding hydrogens is 343 g/mol. The van der Waals surface area contributed by atoms with Gasteiger partial charge in [-0.05, 0) is 29.2 Å². The summed E-state index contributed by atoms with van der Waals surface area (Å²) in [4.78, 5) is 24.0. The highest BCUT2D eigenvalue weighted by molar-refractivity contribution is 6.31. The normalized spacial score (nSPS) is 11.0. The molecule has 0 aliphatic rings. The third-order valence-electron chi connectivity index (χ3n) is 3.81. The Balaban J connectivity index is 1.85. The van der Waals surface area contributed by atoms with Crippen molar-refractivity contribution in [2.24, 2.45) is 0 Å². The van der Waals surface area contributed by atoms with Crippen LogP contribution in [0, 0.1) is 5.82 Å². The second kappa shape index (κ2) is 8.12. The molecule has 132 valence electrons. The smallest absolute Gasteiger partial charge is 0.243 e. The van der Waals surface area contributed by atoms with Crippen LogP contribution in [0.2, 0.25) is 5.02 Å². The van der Waals surface area contributed by atoms with Gasteiger partial charge in [0.25, 0.3) is 0 Å². The molecule has 0 atom stereocenters. The van der Waals surface area contributed by atoms with E-state index in [0.29, 0.717) is 5.69 Å². The molecule has 0 aromatic heterocycles. The Kier molecular flexibility index (Phi) is 6.15. The Hall–Kier alpha value is -2.40. The van der Waals surface area contributed by atoms with Gasteiger partial charge in [-0.3, -0.25) is 9.59 Å². The standard InChI is InChI=1S/C19H20ClFN2O2/c1-19(2,13-6-4-3-5-7-13)11-17(24)22-12-18(25)23-14-8-9-16(21)15(20)10-14/h3-10H,11-12H2,1-2H3,(H,22,24)(H,23,25). The average molecular weight is 363 g/mol. The van der Waals surface area contributed by atoms with Crippen LogP contribution in [0.1, 0.15) is 25.8 Å². The van der Waals surface area contributed by atoms with Crippen molar-refractivity contribution in [2.75, 3.05) is 11.9 Å². The predicted octanol–water partition coefficient (Wildman–Crippen LogP) is 3.90. The van der Waals surface area contributed by atoms with E-state index >= 15 is 0 Å². The number of halogens is 2. The van der Waals surface area contributed by atoms with Crippen molar-refractivity contribution in [1.29, 1.82) is 0 Å². The van der Waals surface area contributed by atoms with Gasteiger partial charge in [0.2, 0.25) is 11.8 Å². The zero-order chi connectivity index (χ0) is 18.4. The van der Waals surface area contributed by atoms with Gasteiger partial charge >= 0.3 is 0 Å². The van der Waals surface area contributed by atoms with Crippen LogP contribution < -0.4 is 10.6 Å². The van der Waals surface area contributed by atoms with E-state index in [1.54, 1.807) is 0 Å². The first-order valence-electron chi connectivity index (χ1n) is 7.85. The van der Waals surface area contributed by atoms with Gasteiger partial charge in [0.1, 0.15) is 5.82 Å². The SMILES string of the molecule is CC(C)(CC(=O)NCC(=O)Nc1ccc(F)c(Cl)c1)c1ccccc1. The van der Waals surface area contributed by atoms with Crippen molar-refractivity contribution in [3.8, 4) is 0 Å². The lowest BCUT2D eigenvalue weighted by Crippen LogP contribution is -2.36. The topological polar surface area (TPSA) is 58.2 Å². The minimum Gasteiger partial charge on any atom is -0.347 e. The summed E-state index contributed by atoms with van der Waals surface area (Å²) in [6.45, 7) is 3.78.